The number of aliphatic hydroxyl groups is 3. The van der Waals surface area contributed by atoms with E-state index in [1.807, 2.05) is 44.4 Å². The number of aliphatic hydroxyl groups excluding tert-OH is 3. The van der Waals surface area contributed by atoms with E-state index in [0.29, 0.717) is 5.75 Å². The number of hydrogen-bond acceptors (Lipinski definition) is 8. The second kappa shape index (κ2) is 10.1. The Balaban J connectivity index is 1.63. The van der Waals surface area contributed by atoms with Crippen molar-refractivity contribution in [1.82, 2.24) is 4.90 Å². The zero-order chi connectivity index (χ0) is 24.4. The third-order valence-electron chi connectivity index (χ3n) is 5.92. The quantitative estimate of drug-likeness (QED) is 0.492. The van der Waals surface area contributed by atoms with Gasteiger partial charge in [0.05, 0.1) is 0 Å². The van der Waals surface area contributed by atoms with Crippen LogP contribution in [0.3, 0.4) is 0 Å². The van der Waals surface area contributed by atoms with Crippen LogP contribution in [0.2, 0.25) is 0 Å². The van der Waals surface area contributed by atoms with Crippen molar-refractivity contribution < 1.29 is 39.4 Å². The van der Waals surface area contributed by atoms with Gasteiger partial charge in [0, 0.05) is 17.7 Å². The van der Waals surface area contributed by atoms with Crippen LogP contribution >= 0.6 is 0 Å². The van der Waals surface area contributed by atoms with Gasteiger partial charge in [-0.1, -0.05) is 30.3 Å². The second-order valence-electron chi connectivity index (χ2n) is 8.67. The van der Waals surface area contributed by atoms with Crippen LogP contribution in [0.15, 0.2) is 48.5 Å². The van der Waals surface area contributed by atoms with Crippen LogP contribution in [0.25, 0.3) is 5.57 Å². The van der Waals surface area contributed by atoms with Gasteiger partial charge >= 0.3 is 5.97 Å². The van der Waals surface area contributed by atoms with Crippen LogP contribution in [-0.2, 0) is 16.1 Å². The van der Waals surface area contributed by atoms with E-state index in [-0.39, 0.29) is 6.61 Å². The van der Waals surface area contributed by atoms with Crippen LogP contribution in [0.5, 0.6) is 11.5 Å². The van der Waals surface area contributed by atoms with Gasteiger partial charge in [0.1, 0.15) is 36.4 Å². The fourth-order valence-electron chi connectivity index (χ4n) is 4.11. The van der Waals surface area contributed by atoms with Gasteiger partial charge in [-0.15, -0.1) is 0 Å². The number of nitrogens with zero attached hydrogens (tertiary/aromatic N) is 1. The average molecular weight is 472 g/mol. The number of ether oxygens (including phenoxy) is 3. The molecule has 0 amide bonds. The van der Waals surface area contributed by atoms with E-state index >= 15 is 0 Å². The Hall–Kier alpha value is -2.95. The van der Waals surface area contributed by atoms with Crippen molar-refractivity contribution in [2.75, 3.05) is 20.6 Å². The van der Waals surface area contributed by atoms with Gasteiger partial charge in [0.2, 0.25) is 6.29 Å². The molecule has 34 heavy (non-hydrogen) atoms. The lowest BCUT2D eigenvalue weighted by molar-refractivity contribution is -0.271. The molecule has 2 aliphatic heterocycles. The largest absolute Gasteiger partial charge is 0.488 e. The monoisotopic (exact) mass is 471 g/mol. The normalized spacial score (nSPS) is 27.5. The minimum atomic E-state index is -1.78. The average Bonchev–Trinajstić information content (AvgIpc) is 2.96. The van der Waals surface area contributed by atoms with Crippen molar-refractivity contribution in [2.45, 2.75) is 43.7 Å². The van der Waals surface area contributed by atoms with Crippen LogP contribution in [0.4, 0.5) is 0 Å². The predicted molar refractivity (Wildman–Crippen MR) is 122 cm³/mol. The van der Waals surface area contributed by atoms with Crippen LogP contribution in [0.1, 0.15) is 23.1 Å². The molecule has 2 aromatic carbocycles. The van der Waals surface area contributed by atoms with Gasteiger partial charge in [-0.2, -0.15) is 0 Å². The Bertz CT molecular complexity index is 1070. The van der Waals surface area contributed by atoms with E-state index in [4.69, 9.17) is 14.2 Å². The molecular weight excluding hydrogens is 442 g/mol. The Morgan fingerprint density at radius 1 is 1.09 bits per heavy atom. The summed E-state index contributed by atoms with van der Waals surface area (Å²) >= 11 is 0. The van der Waals surface area contributed by atoms with Crippen molar-refractivity contribution in [3.63, 3.8) is 0 Å². The van der Waals surface area contributed by atoms with Crippen molar-refractivity contribution in [1.29, 1.82) is 0 Å². The summed E-state index contributed by atoms with van der Waals surface area (Å²) in [6, 6.07) is 13.1. The number of aliphatic carboxylic acids is 1. The number of para-hydroxylation sites is 1. The van der Waals surface area contributed by atoms with Crippen molar-refractivity contribution >= 4 is 11.5 Å². The van der Waals surface area contributed by atoms with Crippen LogP contribution in [0, 0.1) is 0 Å². The number of fused-ring (bicyclic) bond motifs is 2. The molecule has 4 N–H and O–H groups in total. The van der Waals surface area contributed by atoms with Crippen LogP contribution in [-0.4, -0.2) is 82.6 Å². The molecule has 1 saturated heterocycles. The van der Waals surface area contributed by atoms with Crippen molar-refractivity contribution in [2.24, 2.45) is 0 Å². The van der Waals surface area contributed by atoms with Crippen molar-refractivity contribution in [3.05, 3.63) is 65.2 Å². The fourth-order valence-corrected chi connectivity index (χ4v) is 4.11. The molecule has 0 unspecified atom stereocenters. The second-order valence-corrected chi connectivity index (χ2v) is 8.67. The molecule has 2 aliphatic rings. The Morgan fingerprint density at radius 3 is 2.59 bits per heavy atom. The van der Waals surface area contributed by atoms with E-state index in [9.17, 15) is 25.2 Å². The molecule has 0 radical (unpaired) electrons. The zero-order valence-corrected chi connectivity index (χ0v) is 19.0. The Labute approximate surface area is 197 Å². The lowest BCUT2D eigenvalue weighted by Crippen LogP contribution is -2.61. The number of rotatable bonds is 6. The standard InChI is InChI=1S/C25H29NO8/c1-26(2)11-5-7-17-16-10-9-15(12-14(16)13-32-19-8-4-3-6-18(17)19)33-25-22(29)20(27)21(28)23(34-25)24(30)31/h3-4,6-10,12,20-23,25,27-29H,5,11,13H2,1-2H3,(H,30,31)/b17-7-/t20-,21-,22+,23-,25+/m0/s1. The van der Waals surface area contributed by atoms with Gasteiger partial charge in [0.25, 0.3) is 0 Å². The lowest BCUT2D eigenvalue weighted by atomic mass is 9.93. The van der Waals surface area contributed by atoms with Gasteiger partial charge in [0.15, 0.2) is 6.10 Å². The van der Waals surface area contributed by atoms with Crippen LogP contribution < -0.4 is 9.47 Å². The minimum Gasteiger partial charge on any atom is -0.488 e. The highest BCUT2D eigenvalue weighted by Gasteiger charge is 2.48. The SMILES string of the molecule is CN(C)CC/C=C1/c2ccc(O[C@@H]3O[C@H](C(=O)O)[C@@H](O)[C@H](O)[C@H]3O)cc2COc2ccccc21. The number of carboxylic acids is 1. The predicted octanol–water partition coefficient (Wildman–Crippen LogP) is 1.23. The molecule has 9 heteroatoms. The highest BCUT2D eigenvalue weighted by molar-refractivity contribution is 5.85. The number of carboxylic acid groups (broad SMARTS) is 1. The molecule has 0 aliphatic carbocycles. The molecule has 2 heterocycles. The smallest absolute Gasteiger partial charge is 0.335 e. The van der Waals surface area contributed by atoms with Gasteiger partial charge in [-0.05, 0) is 49.9 Å². The third kappa shape index (κ3) is 4.94. The molecule has 182 valence electrons. The molecular formula is C25H29NO8. The summed E-state index contributed by atoms with van der Waals surface area (Å²) in [6.07, 6.45) is -5.33. The Morgan fingerprint density at radius 2 is 1.85 bits per heavy atom. The highest BCUT2D eigenvalue weighted by atomic mass is 16.7. The maximum absolute atomic E-state index is 11.4. The highest BCUT2D eigenvalue weighted by Crippen LogP contribution is 2.38. The van der Waals surface area contributed by atoms with Crippen molar-refractivity contribution in [3.8, 4) is 11.5 Å². The van der Waals surface area contributed by atoms with E-state index < -0.39 is 36.7 Å². The first-order valence-corrected chi connectivity index (χ1v) is 11.1. The number of benzene rings is 2. The minimum absolute atomic E-state index is 0.279. The van der Waals surface area contributed by atoms with E-state index in [1.54, 1.807) is 12.1 Å². The molecule has 0 aromatic heterocycles. The molecule has 5 atom stereocenters. The van der Waals surface area contributed by atoms with Gasteiger partial charge in [-0.3, -0.25) is 0 Å². The molecule has 4 rings (SSSR count). The van der Waals surface area contributed by atoms with Gasteiger partial charge in [-0.25, -0.2) is 4.79 Å². The first-order valence-electron chi connectivity index (χ1n) is 11.1. The van der Waals surface area contributed by atoms with E-state index in [0.717, 1.165) is 41.0 Å². The summed E-state index contributed by atoms with van der Waals surface area (Å²) in [6.45, 7) is 1.17. The summed E-state index contributed by atoms with van der Waals surface area (Å²) < 4.78 is 17.0. The van der Waals surface area contributed by atoms with E-state index in [2.05, 4.69) is 11.0 Å². The third-order valence-corrected chi connectivity index (χ3v) is 5.92. The summed E-state index contributed by atoms with van der Waals surface area (Å²) in [5, 5.41) is 39.4. The maximum Gasteiger partial charge on any atom is 0.335 e. The number of carbonyl (C=O) groups is 1. The molecule has 0 spiro atoms. The van der Waals surface area contributed by atoms with Gasteiger partial charge < -0.3 is 39.5 Å². The summed E-state index contributed by atoms with van der Waals surface area (Å²) in [5.41, 5.74) is 3.83. The molecule has 9 nitrogen and oxygen atoms in total. The Kier molecular flexibility index (Phi) is 7.20. The molecule has 0 bridgehead atoms. The molecule has 1 fully saturated rings. The van der Waals surface area contributed by atoms with E-state index in [1.165, 1.54) is 0 Å². The molecule has 0 saturated carbocycles. The summed E-state index contributed by atoms with van der Waals surface area (Å²) in [7, 11) is 4.04. The lowest BCUT2D eigenvalue weighted by Gasteiger charge is -2.38. The zero-order valence-electron chi connectivity index (χ0n) is 19.0. The number of hydrogen-bond donors (Lipinski definition) is 4. The maximum atomic E-state index is 11.4. The first kappa shape index (κ1) is 24.2. The summed E-state index contributed by atoms with van der Waals surface area (Å²) in [4.78, 5) is 13.5. The fraction of sp³-hybridized carbons (Fsp3) is 0.400. The first-order chi connectivity index (χ1) is 16.3. The summed E-state index contributed by atoms with van der Waals surface area (Å²) in [5.74, 6) is -0.393. The molecule has 2 aromatic rings. The topological polar surface area (TPSA) is 129 Å².